The second kappa shape index (κ2) is 11.2. The van der Waals surface area contributed by atoms with E-state index in [4.69, 9.17) is 13.6 Å². The van der Waals surface area contributed by atoms with Crippen molar-refractivity contribution in [3.8, 4) is 0 Å². The van der Waals surface area contributed by atoms with Gasteiger partial charge in [-0.05, 0) is 44.0 Å². The molecule has 1 fully saturated rings. The molecular weight excluding hydrogens is 418 g/mol. The molecule has 3 rings (SSSR count). The predicted molar refractivity (Wildman–Crippen MR) is 111 cm³/mol. The number of esters is 1. The zero-order valence-corrected chi connectivity index (χ0v) is 17.9. The Morgan fingerprint density at radius 1 is 1.12 bits per heavy atom. The fourth-order valence-corrected chi connectivity index (χ4v) is 3.64. The Labute approximate surface area is 185 Å². The van der Waals surface area contributed by atoms with E-state index in [1.54, 1.807) is 25.1 Å². The van der Waals surface area contributed by atoms with Crippen LogP contribution < -0.4 is 10.6 Å². The zero-order chi connectivity index (χ0) is 22.9. The summed E-state index contributed by atoms with van der Waals surface area (Å²) in [7, 11) is 0. The van der Waals surface area contributed by atoms with Crippen molar-refractivity contribution in [2.75, 3.05) is 19.7 Å². The molecule has 2 heterocycles. The first-order valence-electron chi connectivity index (χ1n) is 10.6. The first-order valence-corrected chi connectivity index (χ1v) is 10.6. The van der Waals surface area contributed by atoms with Crippen molar-refractivity contribution in [1.82, 2.24) is 15.5 Å². The molecule has 0 aliphatic heterocycles. The Morgan fingerprint density at radius 2 is 1.84 bits per heavy atom. The number of ether oxygens (including phenoxy) is 1. The molecule has 0 aromatic carbocycles. The van der Waals surface area contributed by atoms with Crippen LogP contribution in [0.25, 0.3) is 0 Å². The highest BCUT2D eigenvalue weighted by atomic mass is 16.5. The van der Waals surface area contributed by atoms with E-state index in [1.165, 1.54) is 18.6 Å². The van der Waals surface area contributed by atoms with Gasteiger partial charge in [-0.1, -0.05) is 12.8 Å². The molecule has 1 aliphatic rings. The van der Waals surface area contributed by atoms with E-state index in [0.29, 0.717) is 0 Å². The number of rotatable bonds is 10. The molecule has 2 N–H and O–H groups in total. The number of hydrogen-bond donors (Lipinski definition) is 2. The molecule has 10 heteroatoms. The fourth-order valence-electron chi connectivity index (χ4n) is 3.64. The van der Waals surface area contributed by atoms with Crippen LogP contribution in [-0.2, 0) is 19.1 Å². The molecule has 1 aliphatic carbocycles. The van der Waals surface area contributed by atoms with Crippen molar-refractivity contribution >= 4 is 23.7 Å². The second-order valence-electron chi connectivity index (χ2n) is 7.39. The number of carbonyl (C=O) groups is 4. The van der Waals surface area contributed by atoms with Crippen molar-refractivity contribution in [3.63, 3.8) is 0 Å². The molecule has 32 heavy (non-hydrogen) atoms. The highest BCUT2D eigenvalue weighted by molar-refractivity contribution is 5.96. The van der Waals surface area contributed by atoms with E-state index >= 15 is 0 Å². The molecule has 0 radical (unpaired) electrons. The molecule has 1 atom stereocenters. The van der Waals surface area contributed by atoms with Gasteiger partial charge in [-0.3, -0.25) is 19.2 Å². The van der Waals surface area contributed by atoms with Gasteiger partial charge in [-0.25, -0.2) is 0 Å². The van der Waals surface area contributed by atoms with Crippen LogP contribution in [0, 0.1) is 0 Å². The van der Waals surface area contributed by atoms with E-state index in [1.807, 2.05) is 0 Å². The lowest BCUT2D eigenvalue weighted by Crippen LogP contribution is -2.50. The zero-order valence-electron chi connectivity index (χ0n) is 17.9. The standard InChI is InChI=1S/C22H27N3O7/c1-2-30-19(27)14-25(18(26)13-23-21(28)17-10-6-12-32-17)20(16-9-5-11-31-16)22(29)24-15-7-3-4-8-15/h5-6,9-12,15,20H,2-4,7-8,13-14H2,1H3,(H,23,28)(H,24,29). The lowest BCUT2D eigenvalue weighted by molar-refractivity contribution is -0.152. The second-order valence-corrected chi connectivity index (χ2v) is 7.39. The summed E-state index contributed by atoms with van der Waals surface area (Å²) >= 11 is 0. The van der Waals surface area contributed by atoms with Crippen LogP contribution in [0.2, 0.25) is 0 Å². The highest BCUT2D eigenvalue weighted by Crippen LogP contribution is 2.24. The van der Waals surface area contributed by atoms with Gasteiger partial charge in [0.25, 0.3) is 11.8 Å². The molecule has 0 spiro atoms. The SMILES string of the molecule is CCOC(=O)CN(C(=O)CNC(=O)c1ccco1)C(C(=O)NC1CCCC1)c1ccco1. The van der Waals surface area contributed by atoms with Crippen LogP contribution in [0.3, 0.4) is 0 Å². The summed E-state index contributed by atoms with van der Waals surface area (Å²) in [5, 5.41) is 5.39. The van der Waals surface area contributed by atoms with Crippen LogP contribution >= 0.6 is 0 Å². The first-order chi connectivity index (χ1) is 15.5. The number of amides is 3. The van der Waals surface area contributed by atoms with Crippen molar-refractivity contribution in [1.29, 1.82) is 0 Å². The molecule has 2 aromatic rings. The van der Waals surface area contributed by atoms with Gasteiger partial charge in [-0.2, -0.15) is 0 Å². The van der Waals surface area contributed by atoms with Gasteiger partial charge in [0.1, 0.15) is 12.3 Å². The van der Waals surface area contributed by atoms with Gasteiger partial charge in [-0.15, -0.1) is 0 Å². The smallest absolute Gasteiger partial charge is 0.325 e. The number of nitrogens with zero attached hydrogens (tertiary/aromatic N) is 1. The van der Waals surface area contributed by atoms with Crippen LogP contribution in [0.1, 0.15) is 55.0 Å². The molecular formula is C22H27N3O7. The van der Waals surface area contributed by atoms with Crippen LogP contribution in [0.15, 0.2) is 45.6 Å². The van der Waals surface area contributed by atoms with Gasteiger partial charge in [0.15, 0.2) is 11.8 Å². The maximum absolute atomic E-state index is 13.2. The normalized spacial score (nSPS) is 14.5. The Hall–Kier alpha value is -3.56. The lowest BCUT2D eigenvalue weighted by atomic mass is 10.1. The minimum Gasteiger partial charge on any atom is -0.467 e. The maximum atomic E-state index is 13.2. The summed E-state index contributed by atoms with van der Waals surface area (Å²) in [5.41, 5.74) is 0. The van der Waals surface area contributed by atoms with Crippen molar-refractivity contribution in [2.24, 2.45) is 0 Å². The minimum atomic E-state index is -1.19. The average Bonchev–Trinajstić information content (AvgIpc) is 3.55. The Kier molecular flexibility index (Phi) is 8.07. The molecule has 1 unspecified atom stereocenters. The summed E-state index contributed by atoms with van der Waals surface area (Å²) in [6.45, 7) is 0.833. The van der Waals surface area contributed by atoms with Crippen molar-refractivity contribution in [3.05, 3.63) is 48.3 Å². The molecule has 0 bridgehead atoms. The van der Waals surface area contributed by atoms with E-state index in [9.17, 15) is 19.2 Å². The van der Waals surface area contributed by atoms with Gasteiger partial charge in [0.05, 0.1) is 25.7 Å². The number of carbonyl (C=O) groups excluding carboxylic acids is 4. The topological polar surface area (TPSA) is 131 Å². The third-order valence-corrected chi connectivity index (χ3v) is 5.14. The van der Waals surface area contributed by atoms with Crippen LogP contribution in [0.5, 0.6) is 0 Å². The third-order valence-electron chi connectivity index (χ3n) is 5.14. The summed E-state index contributed by atoms with van der Waals surface area (Å²) in [5.74, 6) is -2.14. The quantitative estimate of drug-likeness (QED) is 0.533. The van der Waals surface area contributed by atoms with E-state index in [2.05, 4.69) is 10.6 Å². The summed E-state index contributed by atoms with van der Waals surface area (Å²) in [4.78, 5) is 51.7. The number of nitrogens with one attached hydrogen (secondary N) is 2. The van der Waals surface area contributed by atoms with Crippen LogP contribution in [0.4, 0.5) is 0 Å². The fraction of sp³-hybridized carbons (Fsp3) is 0.455. The Balaban J connectivity index is 1.80. The molecule has 0 saturated heterocycles. The summed E-state index contributed by atoms with van der Waals surface area (Å²) in [6.07, 6.45) is 6.45. The van der Waals surface area contributed by atoms with Gasteiger partial charge in [0.2, 0.25) is 5.91 Å². The van der Waals surface area contributed by atoms with Gasteiger partial charge < -0.3 is 29.1 Å². The van der Waals surface area contributed by atoms with E-state index < -0.39 is 42.8 Å². The average molecular weight is 445 g/mol. The van der Waals surface area contributed by atoms with E-state index in [-0.39, 0.29) is 24.2 Å². The maximum Gasteiger partial charge on any atom is 0.325 e. The monoisotopic (exact) mass is 445 g/mol. The third kappa shape index (κ3) is 5.99. The highest BCUT2D eigenvalue weighted by Gasteiger charge is 2.36. The van der Waals surface area contributed by atoms with Gasteiger partial charge in [0, 0.05) is 6.04 Å². The van der Waals surface area contributed by atoms with Crippen LogP contribution in [-0.4, -0.2) is 54.3 Å². The molecule has 172 valence electrons. The van der Waals surface area contributed by atoms with E-state index in [0.717, 1.165) is 30.6 Å². The largest absolute Gasteiger partial charge is 0.467 e. The minimum absolute atomic E-state index is 0.00170. The predicted octanol–water partition coefficient (Wildman–Crippen LogP) is 1.79. The Morgan fingerprint density at radius 3 is 2.47 bits per heavy atom. The summed E-state index contributed by atoms with van der Waals surface area (Å²) in [6, 6.07) is 4.96. The van der Waals surface area contributed by atoms with Gasteiger partial charge >= 0.3 is 5.97 Å². The number of hydrogen-bond acceptors (Lipinski definition) is 7. The summed E-state index contributed by atoms with van der Waals surface area (Å²) < 4.78 is 15.4. The van der Waals surface area contributed by atoms with Crippen molar-refractivity contribution < 1.29 is 32.7 Å². The molecule has 10 nitrogen and oxygen atoms in total. The molecule has 1 saturated carbocycles. The molecule has 2 aromatic heterocycles. The molecule has 3 amide bonds. The Bertz CT molecular complexity index is 902. The number of furan rings is 2. The lowest BCUT2D eigenvalue weighted by Gasteiger charge is -2.30. The van der Waals surface area contributed by atoms with Crippen molar-refractivity contribution in [2.45, 2.75) is 44.7 Å². The first kappa shape index (κ1) is 23.1.